The summed E-state index contributed by atoms with van der Waals surface area (Å²) in [5, 5.41) is 0. The lowest BCUT2D eigenvalue weighted by atomic mass is 9.77. The van der Waals surface area contributed by atoms with Crippen LogP contribution < -0.4 is 0 Å². The minimum Gasteiger partial charge on any atom is -0.0654 e. The summed E-state index contributed by atoms with van der Waals surface area (Å²) in [6.07, 6.45) is 6.83. The van der Waals surface area contributed by atoms with Crippen LogP contribution in [0.4, 0.5) is 0 Å². The minimum atomic E-state index is 0.503. The number of unbranched alkanes of at least 4 members (excludes halogenated alkanes) is 1. The average molecular weight is 184 g/mol. The van der Waals surface area contributed by atoms with E-state index in [1.807, 2.05) is 0 Å². The van der Waals surface area contributed by atoms with Crippen molar-refractivity contribution < 1.29 is 0 Å². The molecule has 0 N–H and O–H groups in total. The van der Waals surface area contributed by atoms with Gasteiger partial charge in [0.25, 0.3) is 0 Å². The van der Waals surface area contributed by atoms with Crippen LogP contribution in [0.2, 0.25) is 0 Å². The van der Waals surface area contributed by atoms with Gasteiger partial charge < -0.3 is 0 Å². The fourth-order valence-corrected chi connectivity index (χ4v) is 1.49. The first-order valence-electron chi connectivity index (χ1n) is 5.77. The molecule has 0 aliphatic carbocycles. The fraction of sp³-hybridized carbons (Fsp3) is 1.00. The standard InChI is InChI=1S/C13H28/c1-7-8-9-13(5,6)11-10-12(2,3)4/h7-11H2,1-6H3. The summed E-state index contributed by atoms with van der Waals surface area (Å²) < 4.78 is 0. The molecule has 0 heteroatoms. The van der Waals surface area contributed by atoms with Crippen LogP contribution in [0, 0.1) is 10.8 Å². The molecule has 0 rings (SSSR count). The molecule has 0 saturated carbocycles. The number of hydrogen-bond donors (Lipinski definition) is 0. The molecular formula is C13H28. The molecular weight excluding hydrogens is 156 g/mol. The summed E-state index contributed by atoms with van der Waals surface area (Å²) in [5.41, 5.74) is 1.06. The Balaban J connectivity index is 3.75. The SMILES string of the molecule is CCCCC(C)(C)CCC(C)(C)C. The van der Waals surface area contributed by atoms with Gasteiger partial charge in [0.05, 0.1) is 0 Å². The van der Waals surface area contributed by atoms with Crippen molar-refractivity contribution in [1.82, 2.24) is 0 Å². The molecule has 0 aromatic heterocycles. The van der Waals surface area contributed by atoms with Gasteiger partial charge in [0.15, 0.2) is 0 Å². The van der Waals surface area contributed by atoms with Crippen LogP contribution in [-0.4, -0.2) is 0 Å². The zero-order valence-corrected chi connectivity index (χ0v) is 10.5. The van der Waals surface area contributed by atoms with Crippen molar-refractivity contribution in [2.24, 2.45) is 10.8 Å². The second kappa shape index (κ2) is 5.02. The lowest BCUT2D eigenvalue weighted by molar-refractivity contribution is 0.236. The van der Waals surface area contributed by atoms with Gasteiger partial charge in [0, 0.05) is 0 Å². The van der Waals surface area contributed by atoms with Gasteiger partial charge in [-0.25, -0.2) is 0 Å². The molecule has 0 aromatic carbocycles. The summed E-state index contributed by atoms with van der Waals surface area (Å²) in [5.74, 6) is 0. The largest absolute Gasteiger partial charge is 0.0654 e. The molecule has 0 nitrogen and oxygen atoms in total. The van der Waals surface area contributed by atoms with Gasteiger partial charge in [-0.3, -0.25) is 0 Å². The quantitative estimate of drug-likeness (QED) is 0.562. The molecule has 0 radical (unpaired) electrons. The van der Waals surface area contributed by atoms with E-state index in [0.717, 1.165) is 0 Å². The minimum absolute atomic E-state index is 0.503. The van der Waals surface area contributed by atoms with Gasteiger partial charge in [-0.15, -0.1) is 0 Å². The maximum atomic E-state index is 2.41. The molecule has 0 aliphatic heterocycles. The molecule has 0 atom stereocenters. The van der Waals surface area contributed by atoms with Crippen molar-refractivity contribution in [3.63, 3.8) is 0 Å². The summed E-state index contributed by atoms with van der Waals surface area (Å²) in [6, 6.07) is 0. The van der Waals surface area contributed by atoms with Crippen LogP contribution in [0.3, 0.4) is 0 Å². The zero-order chi connectivity index (χ0) is 10.5. The molecule has 0 amide bonds. The molecule has 0 bridgehead atoms. The second-order valence-electron chi connectivity index (χ2n) is 6.33. The maximum Gasteiger partial charge on any atom is -0.0354 e. The Labute approximate surface area is 85.1 Å². The number of hydrogen-bond acceptors (Lipinski definition) is 0. The van der Waals surface area contributed by atoms with E-state index in [0.29, 0.717) is 10.8 Å². The Kier molecular flexibility index (Phi) is 5.02. The van der Waals surface area contributed by atoms with Crippen LogP contribution in [0.1, 0.15) is 73.6 Å². The van der Waals surface area contributed by atoms with Crippen LogP contribution in [0.25, 0.3) is 0 Å². The Morgan fingerprint density at radius 3 is 1.69 bits per heavy atom. The van der Waals surface area contributed by atoms with Crippen LogP contribution in [0.15, 0.2) is 0 Å². The maximum absolute atomic E-state index is 2.41. The molecule has 0 unspecified atom stereocenters. The van der Waals surface area contributed by atoms with Crippen LogP contribution >= 0.6 is 0 Å². The predicted octanol–water partition coefficient (Wildman–Crippen LogP) is 5.03. The van der Waals surface area contributed by atoms with E-state index in [1.165, 1.54) is 32.1 Å². The van der Waals surface area contributed by atoms with Crippen molar-refractivity contribution in [2.75, 3.05) is 0 Å². The van der Waals surface area contributed by atoms with Crippen molar-refractivity contribution in [2.45, 2.75) is 73.6 Å². The molecule has 0 aliphatic rings. The van der Waals surface area contributed by atoms with E-state index < -0.39 is 0 Å². The summed E-state index contributed by atoms with van der Waals surface area (Å²) in [4.78, 5) is 0. The lowest BCUT2D eigenvalue weighted by Crippen LogP contribution is -2.15. The molecule has 0 aromatic rings. The third kappa shape index (κ3) is 8.33. The first-order valence-corrected chi connectivity index (χ1v) is 5.77. The zero-order valence-electron chi connectivity index (χ0n) is 10.5. The molecule has 0 spiro atoms. The first kappa shape index (κ1) is 13.0. The molecule has 80 valence electrons. The van der Waals surface area contributed by atoms with E-state index in [9.17, 15) is 0 Å². The van der Waals surface area contributed by atoms with Crippen LogP contribution in [0.5, 0.6) is 0 Å². The Morgan fingerprint density at radius 1 is 0.769 bits per heavy atom. The van der Waals surface area contributed by atoms with E-state index in [-0.39, 0.29) is 0 Å². The van der Waals surface area contributed by atoms with E-state index in [1.54, 1.807) is 0 Å². The van der Waals surface area contributed by atoms with E-state index >= 15 is 0 Å². The normalized spacial score (nSPS) is 13.4. The summed E-state index contributed by atoms with van der Waals surface area (Å²) >= 11 is 0. The summed E-state index contributed by atoms with van der Waals surface area (Å²) in [6.45, 7) is 14.1. The van der Waals surface area contributed by atoms with Crippen molar-refractivity contribution in [1.29, 1.82) is 0 Å². The van der Waals surface area contributed by atoms with Gasteiger partial charge in [-0.05, 0) is 30.1 Å². The molecule has 13 heavy (non-hydrogen) atoms. The third-order valence-electron chi connectivity index (χ3n) is 2.76. The lowest BCUT2D eigenvalue weighted by Gasteiger charge is -2.28. The van der Waals surface area contributed by atoms with Crippen molar-refractivity contribution in [3.05, 3.63) is 0 Å². The van der Waals surface area contributed by atoms with Gasteiger partial charge >= 0.3 is 0 Å². The highest BCUT2D eigenvalue weighted by Gasteiger charge is 2.20. The van der Waals surface area contributed by atoms with Crippen molar-refractivity contribution >= 4 is 0 Å². The second-order valence-corrected chi connectivity index (χ2v) is 6.33. The summed E-state index contributed by atoms with van der Waals surface area (Å²) in [7, 11) is 0. The average Bonchev–Trinajstić information content (AvgIpc) is 1.97. The molecule has 0 heterocycles. The van der Waals surface area contributed by atoms with Crippen molar-refractivity contribution in [3.8, 4) is 0 Å². The highest BCUT2D eigenvalue weighted by Crippen LogP contribution is 2.33. The molecule has 0 saturated heterocycles. The molecule has 0 fully saturated rings. The van der Waals surface area contributed by atoms with E-state index in [4.69, 9.17) is 0 Å². The number of rotatable bonds is 5. The van der Waals surface area contributed by atoms with Gasteiger partial charge in [0.1, 0.15) is 0 Å². The van der Waals surface area contributed by atoms with Gasteiger partial charge in [-0.2, -0.15) is 0 Å². The highest BCUT2D eigenvalue weighted by molar-refractivity contribution is 4.72. The smallest absolute Gasteiger partial charge is 0.0354 e. The highest BCUT2D eigenvalue weighted by atomic mass is 14.3. The first-order chi connectivity index (χ1) is 5.77. The predicted molar refractivity (Wildman–Crippen MR) is 62.0 cm³/mol. The fourth-order valence-electron chi connectivity index (χ4n) is 1.49. The van der Waals surface area contributed by atoms with Gasteiger partial charge in [-0.1, -0.05) is 54.4 Å². The van der Waals surface area contributed by atoms with Gasteiger partial charge in [0.2, 0.25) is 0 Å². The Bertz CT molecular complexity index is 125. The Morgan fingerprint density at radius 2 is 1.31 bits per heavy atom. The monoisotopic (exact) mass is 184 g/mol. The van der Waals surface area contributed by atoms with Crippen LogP contribution in [-0.2, 0) is 0 Å². The third-order valence-corrected chi connectivity index (χ3v) is 2.76. The van der Waals surface area contributed by atoms with E-state index in [2.05, 4.69) is 41.5 Å². The topological polar surface area (TPSA) is 0 Å². The Hall–Kier alpha value is 0.